The minimum atomic E-state index is 0.437. The van der Waals surface area contributed by atoms with Crippen LogP contribution in [0.3, 0.4) is 0 Å². The first kappa shape index (κ1) is 9.79. The Morgan fingerprint density at radius 2 is 2.33 bits per heavy atom. The van der Waals surface area contributed by atoms with E-state index in [0.717, 1.165) is 18.6 Å². The van der Waals surface area contributed by atoms with Gasteiger partial charge < -0.3 is 4.74 Å². The van der Waals surface area contributed by atoms with Crippen molar-refractivity contribution in [2.75, 3.05) is 6.61 Å². The first-order valence-corrected chi connectivity index (χ1v) is 5.19. The summed E-state index contributed by atoms with van der Waals surface area (Å²) in [6, 6.07) is 8.20. The molecule has 76 valence electrons. The smallest absolute Gasteiger partial charge is 0.119 e. The summed E-state index contributed by atoms with van der Waals surface area (Å²) in [7, 11) is 0. The molecule has 0 atom stereocenters. The lowest BCUT2D eigenvalue weighted by Crippen LogP contribution is -1.98. The molecule has 2 rings (SSSR count). The van der Waals surface area contributed by atoms with Gasteiger partial charge in [0.25, 0.3) is 0 Å². The van der Waals surface area contributed by atoms with Crippen molar-refractivity contribution in [3.05, 3.63) is 35.4 Å². The molecule has 1 aromatic rings. The predicted molar refractivity (Wildman–Crippen MR) is 59.5 cm³/mol. The number of fused-ring (bicyclic) bond motifs is 1. The zero-order chi connectivity index (χ0) is 10.5. The number of hydrogen-bond donors (Lipinski definition) is 0. The Morgan fingerprint density at radius 3 is 3.20 bits per heavy atom. The molecule has 0 amide bonds. The van der Waals surface area contributed by atoms with Crippen molar-refractivity contribution in [2.24, 2.45) is 0 Å². The molecule has 0 N–H and O–H groups in total. The van der Waals surface area contributed by atoms with E-state index >= 15 is 0 Å². The molecular formula is C13H13NO. The van der Waals surface area contributed by atoms with Gasteiger partial charge >= 0.3 is 0 Å². The van der Waals surface area contributed by atoms with Crippen molar-refractivity contribution in [3.8, 4) is 11.8 Å². The van der Waals surface area contributed by atoms with Gasteiger partial charge in [-0.15, -0.1) is 0 Å². The number of aryl methyl sites for hydroxylation is 1. The van der Waals surface area contributed by atoms with Crippen molar-refractivity contribution >= 4 is 6.08 Å². The number of benzene rings is 1. The zero-order valence-corrected chi connectivity index (χ0v) is 8.57. The van der Waals surface area contributed by atoms with Crippen LogP contribution in [0.5, 0.6) is 5.75 Å². The zero-order valence-electron chi connectivity index (χ0n) is 8.57. The average molecular weight is 199 g/mol. The summed E-state index contributed by atoms with van der Waals surface area (Å²) >= 11 is 0. The quantitative estimate of drug-likeness (QED) is 0.701. The molecule has 2 nitrogen and oxygen atoms in total. The summed E-state index contributed by atoms with van der Waals surface area (Å²) in [6.07, 6.45) is 7.00. The van der Waals surface area contributed by atoms with Crippen LogP contribution < -0.4 is 4.74 Å². The van der Waals surface area contributed by atoms with Gasteiger partial charge in [-0.3, -0.25) is 0 Å². The SMILES string of the molecule is N#CCCOc1ccc2c(c1)C=CCC2. The predicted octanol–water partition coefficient (Wildman–Crippen LogP) is 2.94. The second-order valence-corrected chi connectivity index (χ2v) is 3.56. The molecule has 0 unspecified atom stereocenters. The number of allylic oxidation sites excluding steroid dienone is 1. The molecule has 0 bridgehead atoms. The topological polar surface area (TPSA) is 33.0 Å². The monoisotopic (exact) mass is 199 g/mol. The summed E-state index contributed by atoms with van der Waals surface area (Å²) < 4.78 is 5.46. The highest BCUT2D eigenvalue weighted by Gasteiger charge is 2.05. The van der Waals surface area contributed by atoms with Gasteiger partial charge in [-0.05, 0) is 36.1 Å². The molecular weight excluding hydrogens is 186 g/mol. The molecule has 0 radical (unpaired) electrons. The third-order valence-electron chi connectivity index (χ3n) is 2.48. The highest BCUT2D eigenvalue weighted by molar-refractivity contribution is 5.58. The van der Waals surface area contributed by atoms with Gasteiger partial charge in [-0.2, -0.15) is 5.26 Å². The van der Waals surface area contributed by atoms with Gasteiger partial charge in [-0.1, -0.05) is 18.2 Å². The minimum absolute atomic E-state index is 0.437. The third-order valence-corrected chi connectivity index (χ3v) is 2.48. The maximum atomic E-state index is 8.40. The molecule has 0 aromatic heterocycles. The van der Waals surface area contributed by atoms with Crippen LogP contribution in [0.1, 0.15) is 24.0 Å². The Morgan fingerprint density at radius 1 is 1.40 bits per heavy atom. The summed E-state index contributed by atoms with van der Waals surface area (Å²) in [4.78, 5) is 0. The fourth-order valence-corrected chi connectivity index (χ4v) is 1.71. The highest BCUT2D eigenvalue weighted by Crippen LogP contribution is 2.23. The van der Waals surface area contributed by atoms with Gasteiger partial charge in [0.05, 0.1) is 12.5 Å². The van der Waals surface area contributed by atoms with E-state index in [1.54, 1.807) is 0 Å². The molecule has 1 aromatic carbocycles. The lowest BCUT2D eigenvalue weighted by molar-refractivity contribution is 0.326. The molecule has 15 heavy (non-hydrogen) atoms. The van der Waals surface area contributed by atoms with Gasteiger partial charge in [-0.25, -0.2) is 0 Å². The first-order chi connectivity index (χ1) is 7.40. The third kappa shape index (κ3) is 2.38. The van der Waals surface area contributed by atoms with Crippen LogP contribution in [0.4, 0.5) is 0 Å². The average Bonchev–Trinajstić information content (AvgIpc) is 2.29. The lowest BCUT2D eigenvalue weighted by Gasteiger charge is -2.12. The molecule has 2 heteroatoms. The van der Waals surface area contributed by atoms with E-state index in [9.17, 15) is 0 Å². The molecule has 0 fully saturated rings. The van der Waals surface area contributed by atoms with Crippen LogP contribution >= 0.6 is 0 Å². The fourth-order valence-electron chi connectivity index (χ4n) is 1.71. The standard InChI is InChI=1S/C13H13NO/c14-8-3-9-15-13-7-6-11-4-1-2-5-12(11)10-13/h2,5-7,10H,1,3-4,9H2. The van der Waals surface area contributed by atoms with Crippen LogP contribution in [-0.2, 0) is 6.42 Å². The second kappa shape index (κ2) is 4.65. The first-order valence-electron chi connectivity index (χ1n) is 5.19. The maximum Gasteiger partial charge on any atom is 0.119 e. The van der Waals surface area contributed by atoms with E-state index in [1.165, 1.54) is 11.1 Å². The van der Waals surface area contributed by atoms with E-state index in [1.807, 2.05) is 12.1 Å². The van der Waals surface area contributed by atoms with E-state index in [-0.39, 0.29) is 0 Å². The molecule has 1 aliphatic carbocycles. The Kier molecular flexibility index (Phi) is 3.04. The van der Waals surface area contributed by atoms with Crippen LogP contribution in [0.2, 0.25) is 0 Å². The molecule has 0 aliphatic heterocycles. The summed E-state index contributed by atoms with van der Waals surface area (Å²) in [5.74, 6) is 0.857. The maximum absolute atomic E-state index is 8.40. The van der Waals surface area contributed by atoms with E-state index in [0.29, 0.717) is 13.0 Å². The Balaban J connectivity index is 2.09. The van der Waals surface area contributed by atoms with Gasteiger partial charge in [0.1, 0.15) is 12.4 Å². The van der Waals surface area contributed by atoms with Crippen molar-refractivity contribution in [3.63, 3.8) is 0 Å². The normalized spacial score (nSPS) is 13.0. The molecule has 0 saturated carbocycles. The number of hydrogen-bond acceptors (Lipinski definition) is 2. The van der Waals surface area contributed by atoms with E-state index in [2.05, 4.69) is 24.3 Å². The van der Waals surface area contributed by atoms with E-state index < -0.39 is 0 Å². The van der Waals surface area contributed by atoms with Gasteiger partial charge in [0, 0.05) is 0 Å². The Hall–Kier alpha value is -1.75. The number of rotatable bonds is 3. The van der Waals surface area contributed by atoms with Gasteiger partial charge in [0.2, 0.25) is 0 Å². The Labute approximate surface area is 89.8 Å². The van der Waals surface area contributed by atoms with Gasteiger partial charge in [0.15, 0.2) is 0 Å². The van der Waals surface area contributed by atoms with Crippen LogP contribution in [0.25, 0.3) is 6.08 Å². The van der Waals surface area contributed by atoms with Crippen molar-refractivity contribution < 1.29 is 4.74 Å². The van der Waals surface area contributed by atoms with Crippen LogP contribution in [0, 0.1) is 11.3 Å². The number of nitriles is 1. The second-order valence-electron chi connectivity index (χ2n) is 3.56. The fraction of sp³-hybridized carbons (Fsp3) is 0.308. The molecule has 0 spiro atoms. The molecule has 0 heterocycles. The van der Waals surface area contributed by atoms with Crippen molar-refractivity contribution in [1.82, 2.24) is 0 Å². The summed E-state index contributed by atoms with van der Waals surface area (Å²) in [5.41, 5.74) is 2.63. The molecule has 0 saturated heterocycles. The lowest BCUT2D eigenvalue weighted by atomic mass is 9.97. The van der Waals surface area contributed by atoms with Crippen LogP contribution in [0.15, 0.2) is 24.3 Å². The largest absolute Gasteiger partial charge is 0.493 e. The van der Waals surface area contributed by atoms with Crippen LogP contribution in [-0.4, -0.2) is 6.61 Å². The molecule has 1 aliphatic rings. The summed E-state index contributed by atoms with van der Waals surface area (Å²) in [6.45, 7) is 0.471. The number of ether oxygens (including phenoxy) is 1. The highest BCUT2D eigenvalue weighted by atomic mass is 16.5. The van der Waals surface area contributed by atoms with Crippen molar-refractivity contribution in [1.29, 1.82) is 5.26 Å². The Bertz CT molecular complexity index is 415. The minimum Gasteiger partial charge on any atom is -0.493 e. The van der Waals surface area contributed by atoms with Crippen molar-refractivity contribution in [2.45, 2.75) is 19.3 Å². The van der Waals surface area contributed by atoms with E-state index in [4.69, 9.17) is 10.00 Å². The summed E-state index contributed by atoms with van der Waals surface area (Å²) in [5, 5.41) is 8.40. The number of nitrogens with zero attached hydrogens (tertiary/aromatic N) is 1.